The summed E-state index contributed by atoms with van der Waals surface area (Å²) in [5.41, 5.74) is 10.3. The number of fused-ring (bicyclic) bond motifs is 3. The minimum atomic E-state index is -0.0972. The van der Waals surface area contributed by atoms with Gasteiger partial charge in [-0.2, -0.15) is 0 Å². The molecule has 4 aromatic rings. The number of nitrogens with two attached hydrogens (primary N) is 1. The number of nitrogens with zero attached hydrogens (tertiary/aromatic N) is 4. The van der Waals surface area contributed by atoms with Gasteiger partial charge in [-0.1, -0.05) is 18.2 Å². The Morgan fingerprint density at radius 3 is 2.76 bits per heavy atom. The van der Waals surface area contributed by atoms with Crippen molar-refractivity contribution in [3.05, 3.63) is 60.7 Å². The number of benzene rings is 1. The van der Waals surface area contributed by atoms with Crippen molar-refractivity contribution in [1.29, 1.82) is 0 Å². The van der Waals surface area contributed by atoms with Gasteiger partial charge < -0.3 is 25.1 Å². The van der Waals surface area contributed by atoms with E-state index in [9.17, 15) is 0 Å². The first-order chi connectivity index (χ1) is 18.6. The maximum absolute atomic E-state index is 6.41. The Morgan fingerprint density at radius 1 is 1.13 bits per heavy atom. The summed E-state index contributed by atoms with van der Waals surface area (Å²) in [6, 6.07) is 14.7. The molecule has 0 atom stereocenters. The van der Waals surface area contributed by atoms with Crippen LogP contribution in [-0.4, -0.2) is 44.4 Å². The number of pyridine rings is 1. The van der Waals surface area contributed by atoms with Crippen molar-refractivity contribution in [3.63, 3.8) is 0 Å². The van der Waals surface area contributed by atoms with Crippen molar-refractivity contribution in [2.24, 2.45) is 5.92 Å². The molecule has 0 amide bonds. The molecular weight excluding hydrogens is 476 g/mol. The summed E-state index contributed by atoms with van der Waals surface area (Å²) >= 11 is 0. The molecule has 3 aromatic heterocycles. The fraction of sp³-hybridized carbons (Fsp3) is 0.433. The summed E-state index contributed by atoms with van der Waals surface area (Å²) in [5.74, 6) is 2.89. The predicted octanol–water partition coefficient (Wildman–Crippen LogP) is 5.54. The highest BCUT2D eigenvalue weighted by Crippen LogP contribution is 2.45. The lowest BCUT2D eigenvalue weighted by Gasteiger charge is -2.36. The molecule has 5 heterocycles. The average molecular weight is 511 g/mol. The highest BCUT2D eigenvalue weighted by Gasteiger charge is 2.46. The average Bonchev–Trinajstić information content (AvgIpc) is 3.61. The molecule has 3 N–H and O–H groups in total. The topological polar surface area (TPSA) is 100 Å². The molecule has 38 heavy (non-hydrogen) atoms. The monoisotopic (exact) mass is 510 g/mol. The molecular formula is C30H34N6O2. The van der Waals surface area contributed by atoms with E-state index in [1.54, 1.807) is 6.33 Å². The number of nitrogen functional groups attached to an aromatic ring is 1. The second-order valence-corrected chi connectivity index (χ2v) is 11.3. The van der Waals surface area contributed by atoms with Crippen LogP contribution in [0.4, 0.5) is 11.6 Å². The Morgan fingerprint density at radius 2 is 1.97 bits per heavy atom. The number of anilines is 2. The minimum absolute atomic E-state index is 0.0972. The number of rotatable bonds is 8. The standard InChI is InChI=1S/C30H34N6O2/c1-19-4-2-7-26(35-19)32-15-20-12-22(13-20)36-16-25(27-28(31)33-18-34-29(27)36)21-5-3-6-24(14-21)37-17-30-10-8-23(38-30)9-11-30/h2-7,14,16,18,20,22-23H,8-13,15,17H2,1H3,(H,32,35)(H2,31,33,34). The molecule has 8 heteroatoms. The van der Waals surface area contributed by atoms with E-state index >= 15 is 0 Å². The highest BCUT2D eigenvalue weighted by molar-refractivity contribution is 6.00. The van der Waals surface area contributed by atoms with E-state index in [1.165, 1.54) is 0 Å². The summed E-state index contributed by atoms with van der Waals surface area (Å²) < 4.78 is 14.8. The van der Waals surface area contributed by atoms with Gasteiger partial charge in [-0.25, -0.2) is 15.0 Å². The Labute approximate surface area is 222 Å². The fourth-order valence-electron chi connectivity index (χ4n) is 6.44. The van der Waals surface area contributed by atoms with Crippen molar-refractivity contribution in [1.82, 2.24) is 19.5 Å². The van der Waals surface area contributed by atoms with Gasteiger partial charge in [-0.05, 0) is 81.2 Å². The summed E-state index contributed by atoms with van der Waals surface area (Å²) in [6.07, 6.45) is 10.9. The molecule has 7 rings (SSSR count). The molecule has 1 aromatic carbocycles. The number of hydrogen-bond donors (Lipinski definition) is 2. The second kappa shape index (κ2) is 9.27. The van der Waals surface area contributed by atoms with Gasteiger partial charge in [0.25, 0.3) is 0 Å². The van der Waals surface area contributed by atoms with Gasteiger partial charge in [0.2, 0.25) is 0 Å². The number of hydrogen-bond acceptors (Lipinski definition) is 7. The van der Waals surface area contributed by atoms with E-state index < -0.39 is 0 Å². The smallest absolute Gasteiger partial charge is 0.146 e. The predicted molar refractivity (Wildman–Crippen MR) is 148 cm³/mol. The Balaban J connectivity index is 1.09. The van der Waals surface area contributed by atoms with Crippen molar-refractivity contribution >= 4 is 22.7 Å². The van der Waals surface area contributed by atoms with E-state index in [4.69, 9.17) is 15.2 Å². The van der Waals surface area contributed by atoms with E-state index in [0.29, 0.717) is 30.5 Å². The third-order valence-corrected chi connectivity index (χ3v) is 8.61. The number of ether oxygens (including phenoxy) is 2. The van der Waals surface area contributed by atoms with Crippen LogP contribution in [0.15, 0.2) is 55.0 Å². The van der Waals surface area contributed by atoms with E-state index in [-0.39, 0.29) is 5.60 Å². The molecule has 1 saturated carbocycles. The Hall–Kier alpha value is -3.65. The summed E-state index contributed by atoms with van der Waals surface area (Å²) in [4.78, 5) is 13.5. The molecule has 1 aliphatic carbocycles. The van der Waals surface area contributed by atoms with Gasteiger partial charge in [0, 0.05) is 30.0 Å². The van der Waals surface area contributed by atoms with E-state index in [2.05, 4.69) is 43.2 Å². The molecule has 0 unspecified atom stereocenters. The van der Waals surface area contributed by atoms with Crippen molar-refractivity contribution in [3.8, 4) is 16.9 Å². The summed E-state index contributed by atoms with van der Waals surface area (Å²) in [6.45, 7) is 3.54. The van der Waals surface area contributed by atoms with Crippen LogP contribution in [0.25, 0.3) is 22.2 Å². The van der Waals surface area contributed by atoms with Crippen LogP contribution >= 0.6 is 0 Å². The van der Waals surface area contributed by atoms with Gasteiger partial charge in [0.15, 0.2) is 0 Å². The molecule has 2 bridgehead atoms. The first-order valence-electron chi connectivity index (χ1n) is 13.7. The molecule has 3 fully saturated rings. The Bertz CT molecular complexity index is 1470. The summed E-state index contributed by atoms with van der Waals surface area (Å²) in [5, 5.41) is 4.40. The lowest BCUT2D eigenvalue weighted by molar-refractivity contribution is -0.0198. The molecule has 0 radical (unpaired) electrons. The lowest BCUT2D eigenvalue weighted by atomic mass is 9.80. The lowest BCUT2D eigenvalue weighted by Crippen LogP contribution is -2.32. The van der Waals surface area contributed by atoms with Crippen molar-refractivity contribution < 1.29 is 9.47 Å². The van der Waals surface area contributed by atoms with Gasteiger partial charge in [0.1, 0.15) is 41.6 Å². The molecule has 8 nitrogen and oxygen atoms in total. The quantitative estimate of drug-likeness (QED) is 0.321. The van der Waals surface area contributed by atoms with Crippen LogP contribution in [0.3, 0.4) is 0 Å². The second-order valence-electron chi connectivity index (χ2n) is 11.3. The SMILES string of the molecule is Cc1cccc(NCC2CC(n3cc(-c4cccc(OCC56CCC(CC5)O6)c4)c4c(N)ncnc43)C2)n1. The largest absolute Gasteiger partial charge is 0.491 e. The number of nitrogens with one attached hydrogen (secondary N) is 1. The Kier molecular flexibility index (Phi) is 5.73. The van der Waals surface area contributed by atoms with E-state index in [1.807, 2.05) is 37.3 Å². The van der Waals surface area contributed by atoms with Crippen LogP contribution in [0.2, 0.25) is 0 Å². The van der Waals surface area contributed by atoms with E-state index in [0.717, 1.165) is 84.5 Å². The first kappa shape index (κ1) is 23.5. The molecule has 3 aliphatic rings. The van der Waals surface area contributed by atoms with Crippen molar-refractivity contribution in [2.45, 2.75) is 63.2 Å². The molecule has 2 saturated heterocycles. The van der Waals surface area contributed by atoms with Gasteiger partial charge in [0.05, 0.1) is 11.5 Å². The molecule has 0 spiro atoms. The molecule has 196 valence electrons. The van der Waals surface area contributed by atoms with Crippen molar-refractivity contribution in [2.75, 3.05) is 24.2 Å². The van der Waals surface area contributed by atoms with Crippen LogP contribution in [0, 0.1) is 12.8 Å². The molecule has 2 aliphatic heterocycles. The zero-order valence-electron chi connectivity index (χ0n) is 21.8. The van der Waals surface area contributed by atoms with Gasteiger partial charge >= 0.3 is 0 Å². The third-order valence-electron chi connectivity index (χ3n) is 8.61. The van der Waals surface area contributed by atoms with Crippen LogP contribution in [0.5, 0.6) is 5.75 Å². The highest BCUT2D eigenvalue weighted by atomic mass is 16.6. The van der Waals surface area contributed by atoms with Crippen LogP contribution in [-0.2, 0) is 4.74 Å². The zero-order chi connectivity index (χ0) is 25.7. The number of aromatic nitrogens is 4. The summed E-state index contributed by atoms with van der Waals surface area (Å²) in [7, 11) is 0. The maximum Gasteiger partial charge on any atom is 0.146 e. The fourth-order valence-corrected chi connectivity index (χ4v) is 6.44. The zero-order valence-corrected chi connectivity index (χ0v) is 21.8. The third kappa shape index (κ3) is 4.26. The van der Waals surface area contributed by atoms with Gasteiger partial charge in [-0.15, -0.1) is 0 Å². The first-order valence-corrected chi connectivity index (χ1v) is 13.7. The maximum atomic E-state index is 6.41. The van der Waals surface area contributed by atoms with Crippen LogP contribution < -0.4 is 15.8 Å². The van der Waals surface area contributed by atoms with Gasteiger partial charge in [-0.3, -0.25) is 0 Å². The minimum Gasteiger partial charge on any atom is -0.491 e. The van der Waals surface area contributed by atoms with Crippen LogP contribution in [0.1, 0.15) is 50.3 Å². The normalized spacial score (nSPS) is 26.0. The number of aryl methyl sites for hydroxylation is 1.